The largest absolute Gasteiger partial charge is 0.340 e. The molecule has 0 spiro atoms. The van der Waals surface area contributed by atoms with Crippen molar-refractivity contribution in [2.75, 3.05) is 0 Å². The minimum absolute atomic E-state index is 0.0319. The molecule has 0 aliphatic rings. The number of imidazole rings is 1. The first kappa shape index (κ1) is 16.9. The molecule has 0 saturated heterocycles. The van der Waals surface area contributed by atoms with Crippen molar-refractivity contribution < 1.29 is 9.18 Å². The van der Waals surface area contributed by atoms with E-state index < -0.39 is 11.9 Å². The number of nitrogens with one attached hydrogen (secondary N) is 1. The summed E-state index contributed by atoms with van der Waals surface area (Å²) in [6, 6.07) is 13.0. The number of carbonyl (C=O) groups excluding carboxylic acids is 1. The summed E-state index contributed by atoms with van der Waals surface area (Å²) in [6.45, 7) is -0.0319. The second-order valence-electron chi connectivity index (χ2n) is 6.15. The van der Waals surface area contributed by atoms with E-state index in [0.717, 1.165) is 5.52 Å². The Morgan fingerprint density at radius 1 is 1.19 bits per heavy atom. The lowest BCUT2D eigenvalue weighted by atomic mass is 10.1. The highest BCUT2D eigenvalue weighted by atomic mass is 19.1. The maximum Gasteiger partial charge on any atom is 0.242 e. The summed E-state index contributed by atoms with van der Waals surface area (Å²) in [4.78, 5) is 17.0. The van der Waals surface area contributed by atoms with Crippen molar-refractivity contribution in [1.82, 2.24) is 29.9 Å². The van der Waals surface area contributed by atoms with Crippen LogP contribution >= 0.6 is 0 Å². The molecule has 1 unspecified atom stereocenters. The molecule has 2 heterocycles. The minimum Gasteiger partial charge on any atom is -0.340 e. The van der Waals surface area contributed by atoms with Crippen LogP contribution in [0.4, 0.5) is 4.39 Å². The van der Waals surface area contributed by atoms with Gasteiger partial charge in [-0.1, -0.05) is 35.5 Å². The van der Waals surface area contributed by atoms with E-state index in [1.165, 1.54) is 10.7 Å². The second-order valence-corrected chi connectivity index (χ2v) is 6.15. The number of nitrogens with zero attached hydrogens (tertiary/aromatic N) is 5. The smallest absolute Gasteiger partial charge is 0.242 e. The van der Waals surface area contributed by atoms with Gasteiger partial charge in [-0.15, -0.1) is 5.10 Å². The first-order valence-corrected chi connectivity index (χ1v) is 8.42. The Balaban J connectivity index is 1.63. The number of hydrogen-bond donors (Lipinski definition) is 1. The first-order valence-electron chi connectivity index (χ1n) is 8.42. The Labute approximate surface area is 154 Å². The van der Waals surface area contributed by atoms with Gasteiger partial charge in [-0.25, -0.2) is 14.1 Å². The van der Waals surface area contributed by atoms with Gasteiger partial charge in [0.15, 0.2) is 0 Å². The van der Waals surface area contributed by atoms with Gasteiger partial charge >= 0.3 is 0 Å². The van der Waals surface area contributed by atoms with Crippen molar-refractivity contribution >= 4 is 16.9 Å². The van der Waals surface area contributed by atoms with E-state index in [-0.39, 0.29) is 12.5 Å². The van der Waals surface area contributed by atoms with E-state index >= 15 is 0 Å². The molecule has 4 rings (SSSR count). The molecule has 0 aliphatic carbocycles. The van der Waals surface area contributed by atoms with Gasteiger partial charge in [0.1, 0.15) is 29.7 Å². The topological polar surface area (TPSA) is 77.6 Å². The van der Waals surface area contributed by atoms with E-state index in [9.17, 15) is 9.18 Å². The highest BCUT2D eigenvalue weighted by molar-refractivity contribution is 5.80. The fourth-order valence-corrected chi connectivity index (χ4v) is 3.02. The average molecular weight is 364 g/mol. The average Bonchev–Trinajstić information content (AvgIpc) is 3.27. The van der Waals surface area contributed by atoms with Crippen LogP contribution in [-0.2, 0) is 18.4 Å². The molecular formula is C19H17FN6O. The van der Waals surface area contributed by atoms with Crippen LogP contribution in [0.5, 0.6) is 0 Å². The zero-order chi connectivity index (χ0) is 18.8. The molecule has 1 N–H and O–H groups in total. The number of aryl methyl sites for hydroxylation is 1. The summed E-state index contributed by atoms with van der Waals surface area (Å²) >= 11 is 0. The van der Waals surface area contributed by atoms with Crippen LogP contribution in [0, 0.1) is 5.82 Å². The van der Waals surface area contributed by atoms with Gasteiger partial charge in [-0.3, -0.25) is 4.79 Å². The quantitative estimate of drug-likeness (QED) is 0.589. The van der Waals surface area contributed by atoms with Crippen molar-refractivity contribution in [2.45, 2.75) is 12.6 Å². The van der Waals surface area contributed by atoms with E-state index in [1.807, 2.05) is 24.3 Å². The van der Waals surface area contributed by atoms with E-state index in [1.54, 1.807) is 42.2 Å². The predicted octanol–water partition coefficient (Wildman–Crippen LogP) is 2.21. The first-order chi connectivity index (χ1) is 13.1. The van der Waals surface area contributed by atoms with Gasteiger partial charge in [-0.05, 0) is 18.2 Å². The number of hydrogen-bond acceptors (Lipinski definition) is 4. The van der Waals surface area contributed by atoms with Crippen molar-refractivity contribution in [3.8, 4) is 0 Å². The molecule has 0 saturated carbocycles. The zero-order valence-corrected chi connectivity index (χ0v) is 14.6. The molecular weight excluding hydrogens is 347 g/mol. The van der Waals surface area contributed by atoms with Gasteiger partial charge in [0.25, 0.3) is 0 Å². The Bertz CT molecular complexity index is 1100. The zero-order valence-electron chi connectivity index (χ0n) is 14.6. The van der Waals surface area contributed by atoms with E-state index in [2.05, 4.69) is 20.6 Å². The molecule has 2 aromatic heterocycles. The van der Waals surface area contributed by atoms with Crippen LogP contribution in [-0.4, -0.2) is 30.5 Å². The predicted molar refractivity (Wildman–Crippen MR) is 97.1 cm³/mol. The fourth-order valence-electron chi connectivity index (χ4n) is 3.02. The summed E-state index contributed by atoms with van der Waals surface area (Å²) in [5.41, 5.74) is 1.82. The second kappa shape index (κ2) is 6.99. The lowest BCUT2D eigenvalue weighted by Gasteiger charge is -2.19. The standard InChI is InChI=1S/C19H17FN6O/c1-25-11-10-21-19(25)18(13-6-2-3-7-14(13)20)22-17(27)12-26-16-9-5-4-8-15(16)23-24-26/h2-11,18H,12H2,1H3,(H,22,27). The lowest BCUT2D eigenvalue weighted by molar-refractivity contribution is -0.122. The van der Waals surface area contributed by atoms with Crippen LogP contribution in [0.2, 0.25) is 0 Å². The molecule has 0 fully saturated rings. The number of aromatic nitrogens is 5. The van der Waals surface area contributed by atoms with Gasteiger partial charge in [0.2, 0.25) is 5.91 Å². The number of fused-ring (bicyclic) bond motifs is 1. The Kier molecular flexibility index (Phi) is 4.37. The summed E-state index contributed by atoms with van der Waals surface area (Å²) in [7, 11) is 1.80. The van der Waals surface area contributed by atoms with E-state index in [0.29, 0.717) is 16.9 Å². The number of amides is 1. The number of para-hydroxylation sites is 1. The van der Waals surface area contributed by atoms with Crippen LogP contribution < -0.4 is 5.32 Å². The molecule has 4 aromatic rings. The molecule has 1 amide bonds. The van der Waals surface area contributed by atoms with Crippen molar-refractivity contribution in [1.29, 1.82) is 0 Å². The fraction of sp³-hybridized carbons (Fsp3) is 0.158. The van der Waals surface area contributed by atoms with Crippen LogP contribution in [0.1, 0.15) is 17.4 Å². The van der Waals surface area contributed by atoms with Crippen molar-refractivity contribution in [3.63, 3.8) is 0 Å². The molecule has 2 aromatic carbocycles. The highest BCUT2D eigenvalue weighted by Gasteiger charge is 2.24. The number of halogens is 1. The monoisotopic (exact) mass is 364 g/mol. The normalized spacial score (nSPS) is 12.2. The van der Waals surface area contributed by atoms with E-state index in [4.69, 9.17) is 0 Å². The molecule has 0 bridgehead atoms. The molecule has 0 radical (unpaired) electrons. The van der Waals surface area contributed by atoms with Crippen LogP contribution in [0.15, 0.2) is 60.9 Å². The van der Waals surface area contributed by atoms with Crippen LogP contribution in [0.3, 0.4) is 0 Å². The summed E-state index contributed by atoms with van der Waals surface area (Å²) in [5, 5.41) is 10.9. The van der Waals surface area contributed by atoms with Crippen LogP contribution in [0.25, 0.3) is 11.0 Å². The maximum absolute atomic E-state index is 14.4. The van der Waals surface area contributed by atoms with Gasteiger partial charge in [-0.2, -0.15) is 0 Å². The summed E-state index contributed by atoms with van der Waals surface area (Å²) in [6.07, 6.45) is 3.36. The summed E-state index contributed by atoms with van der Waals surface area (Å²) in [5.74, 6) is -0.184. The Morgan fingerprint density at radius 2 is 1.96 bits per heavy atom. The minimum atomic E-state index is -0.714. The lowest BCUT2D eigenvalue weighted by Crippen LogP contribution is -2.34. The van der Waals surface area contributed by atoms with Crippen molar-refractivity contribution in [3.05, 3.63) is 78.1 Å². The third-order valence-electron chi connectivity index (χ3n) is 4.35. The van der Waals surface area contributed by atoms with Gasteiger partial charge < -0.3 is 9.88 Å². The maximum atomic E-state index is 14.4. The Hall–Kier alpha value is -3.55. The number of rotatable bonds is 5. The molecule has 1 atom stereocenters. The molecule has 0 aliphatic heterocycles. The SMILES string of the molecule is Cn1ccnc1C(NC(=O)Cn1nnc2ccccc21)c1ccccc1F. The third-order valence-corrected chi connectivity index (χ3v) is 4.35. The highest BCUT2D eigenvalue weighted by Crippen LogP contribution is 2.23. The molecule has 8 heteroatoms. The molecule has 27 heavy (non-hydrogen) atoms. The number of carbonyl (C=O) groups is 1. The summed E-state index contributed by atoms with van der Waals surface area (Å²) < 4.78 is 17.7. The van der Waals surface area contributed by atoms with Gasteiger partial charge in [0, 0.05) is 25.0 Å². The molecule has 7 nitrogen and oxygen atoms in total. The van der Waals surface area contributed by atoms with Crippen molar-refractivity contribution in [2.24, 2.45) is 7.05 Å². The molecule has 136 valence electrons. The Morgan fingerprint density at radius 3 is 2.74 bits per heavy atom. The third kappa shape index (κ3) is 3.29. The number of benzene rings is 2. The van der Waals surface area contributed by atoms with Gasteiger partial charge in [0.05, 0.1) is 5.52 Å².